The number of ether oxygens (including phenoxy) is 2. The normalized spacial score (nSPS) is 15.0. The van der Waals surface area contributed by atoms with Crippen molar-refractivity contribution in [2.75, 3.05) is 40.4 Å². The van der Waals surface area contributed by atoms with Crippen molar-refractivity contribution in [1.82, 2.24) is 9.80 Å². The smallest absolute Gasteiger partial charge is 0.227 e. The molecule has 2 aromatic carbocycles. The van der Waals surface area contributed by atoms with Gasteiger partial charge in [-0.05, 0) is 61.5 Å². The predicted molar refractivity (Wildman–Crippen MR) is 129 cm³/mol. The Kier molecular flexibility index (Phi) is 8.98. The lowest BCUT2D eigenvalue weighted by atomic mass is 9.95. The van der Waals surface area contributed by atoms with Gasteiger partial charge in [-0.25, -0.2) is 0 Å². The third-order valence-electron chi connectivity index (χ3n) is 6.20. The SMILES string of the molecule is COc1cccc(CC(=O)N(CC(C)C)CC2CCN(Cc3ccccc3OC)CC2)c1. The molecule has 0 spiro atoms. The maximum atomic E-state index is 13.2. The Morgan fingerprint density at radius 1 is 1.06 bits per heavy atom. The van der Waals surface area contributed by atoms with Crippen LogP contribution in [0.4, 0.5) is 0 Å². The standard InChI is InChI=1S/C27H38N2O3/c1-21(2)18-29(27(30)17-23-8-7-10-25(16-23)31-3)19-22-12-14-28(15-13-22)20-24-9-5-6-11-26(24)32-4/h5-11,16,21-22H,12-15,17-20H2,1-4H3. The molecule has 0 saturated carbocycles. The van der Waals surface area contributed by atoms with Gasteiger partial charge in [-0.3, -0.25) is 9.69 Å². The van der Waals surface area contributed by atoms with Gasteiger partial charge < -0.3 is 14.4 Å². The second kappa shape index (κ2) is 11.9. The summed E-state index contributed by atoms with van der Waals surface area (Å²) in [6.07, 6.45) is 2.67. The maximum absolute atomic E-state index is 13.2. The van der Waals surface area contributed by atoms with E-state index in [0.717, 1.165) is 62.6 Å². The molecule has 1 saturated heterocycles. The van der Waals surface area contributed by atoms with Crippen molar-refractivity contribution in [3.63, 3.8) is 0 Å². The zero-order chi connectivity index (χ0) is 22.9. The molecule has 5 nitrogen and oxygen atoms in total. The minimum Gasteiger partial charge on any atom is -0.497 e. The molecule has 2 aromatic rings. The minimum absolute atomic E-state index is 0.211. The number of likely N-dealkylation sites (tertiary alicyclic amines) is 1. The number of hydrogen-bond donors (Lipinski definition) is 0. The number of rotatable bonds is 10. The van der Waals surface area contributed by atoms with Crippen LogP contribution in [0.3, 0.4) is 0 Å². The van der Waals surface area contributed by atoms with Crippen LogP contribution in [0.5, 0.6) is 11.5 Å². The van der Waals surface area contributed by atoms with Gasteiger partial charge in [0.25, 0.3) is 0 Å². The number of para-hydroxylation sites is 1. The molecule has 32 heavy (non-hydrogen) atoms. The van der Waals surface area contributed by atoms with Crippen molar-refractivity contribution in [2.24, 2.45) is 11.8 Å². The Bertz CT molecular complexity index is 859. The molecule has 0 aliphatic carbocycles. The Labute approximate surface area is 193 Å². The summed E-state index contributed by atoms with van der Waals surface area (Å²) in [5, 5.41) is 0. The van der Waals surface area contributed by atoms with Gasteiger partial charge in [0.2, 0.25) is 5.91 Å². The van der Waals surface area contributed by atoms with Gasteiger partial charge in [0.05, 0.1) is 20.6 Å². The summed E-state index contributed by atoms with van der Waals surface area (Å²) < 4.78 is 10.8. The molecule has 0 radical (unpaired) electrons. The lowest BCUT2D eigenvalue weighted by molar-refractivity contribution is -0.131. The number of hydrogen-bond acceptors (Lipinski definition) is 4. The van der Waals surface area contributed by atoms with Gasteiger partial charge in [-0.15, -0.1) is 0 Å². The van der Waals surface area contributed by atoms with E-state index in [9.17, 15) is 4.79 Å². The first kappa shape index (κ1) is 24.1. The van der Waals surface area contributed by atoms with E-state index >= 15 is 0 Å². The molecule has 1 heterocycles. The van der Waals surface area contributed by atoms with Crippen molar-refractivity contribution in [3.05, 3.63) is 59.7 Å². The summed E-state index contributed by atoms with van der Waals surface area (Å²) in [7, 11) is 3.39. The predicted octanol–water partition coefficient (Wildman–Crippen LogP) is 4.64. The van der Waals surface area contributed by atoms with Gasteiger partial charge in [0.15, 0.2) is 0 Å². The average molecular weight is 439 g/mol. The summed E-state index contributed by atoms with van der Waals surface area (Å²) >= 11 is 0. The zero-order valence-corrected chi connectivity index (χ0v) is 20.0. The van der Waals surface area contributed by atoms with Crippen molar-refractivity contribution >= 4 is 5.91 Å². The van der Waals surface area contributed by atoms with Crippen LogP contribution in [0, 0.1) is 11.8 Å². The van der Waals surface area contributed by atoms with Crippen molar-refractivity contribution in [1.29, 1.82) is 0 Å². The highest BCUT2D eigenvalue weighted by Gasteiger charge is 2.25. The molecule has 1 aliphatic rings. The second-order valence-corrected chi connectivity index (χ2v) is 9.25. The van der Waals surface area contributed by atoms with E-state index in [4.69, 9.17) is 9.47 Å². The highest BCUT2D eigenvalue weighted by molar-refractivity contribution is 5.79. The molecule has 1 fully saturated rings. The van der Waals surface area contributed by atoms with E-state index in [0.29, 0.717) is 18.3 Å². The van der Waals surface area contributed by atoms with Crippen LogP contribution in [0.25, 0.3) is 0 Å². The quantitative estimate of drug-likeness (QED) is 0.542. The topological polar surface area (TPSA) is 42.0 Å². The number of piperidine rings is 1. The van der Waals surface area contributed by atoms with E-state index in [-0.39, 0.29) is 5.91 Å². The molecule has 5 heteroatoms. The first-order chi connectivity index (χ1) is 15.5. The molecule has 1 aliphatic heterocycles. The number of nitrogens with zero attached hydrogens (tertiary/aromatic N) is 2. The van der Waals surface area contributed by atoms with Gasteiger partial charge in [-0.1, -0.05) is 44.2 Å². The maximum Gasteiger partial charge on any atom is 0.227 e. The van der Waals surface area contributed by atoms with E-state index in [1.54, 1.807) is 14.2 Å². The lowest BCUT2D eigenvalue weighted by Crippen LogP contribution is -2.42. The Balaban J connectivity index is 1.55. The van der Waals surface area contributed by atoms with Crippen LogP contribution in [0.15, 0.2) is 48.5 Å². The van der Waals surface area contributed by atoms with E-state index in [1.165, 1.54) is 5.56 Å². The molecule has 1 amide bonds. The van der Waals surface area contributed by atoms with E-state index < -0.39 is 0 Å². The van der Waals surface area contributed by atoms with Gasteiger partial charge in [0.1, 0.15) is 11.5 Å². The second-order valence-electron chi connectivity index (χ2n) is 9.25. The highest BCUT2D eigenvalue weighted by Crippen LogP contribution is 2.24. The molecule has 0 bridgehead atoms. The van der Waals surface area contributed by atoms with Crippen molar-refractivity contribution in [3.8, 4) is 11.5 Å². The first-order valence-corrected chi connectivity index (χ1v) is 11.7. The summed E-state index contributed by atoms with van der Waals surface area (Å²) in [6.45, 7) is 9.06. The summed E-state index contributed by atoms with van der Waals surface area (Å²) in [5.41, 5.74) is 2.25. The van der Waals surface area contributed by atoms with Gasteiger partial charge in [0, 0.05) is 25.2 Å². The lowest BCUT2D eigenvalue weighted by Gasteiger charge is -2.35. The monoisotopic (exact) mass is 438 g/mol. The minimum atomic E-state index is 0.211. The fourth-order valence-electron chi connectivity index (χ4n) is 4.50. The molecular weight excluding hydrogens is 400 g/mol. The first-order valence-electron chi connectivity index (χ1n) is 11.7. The largest absolute Gasteiger partial charge is 0.497 e. The summed E-state index contributed by atoms with van der Waals surface area (Å²) in [6, 6.07) is 16.1. The summed E-state index contributed by atoms with van der Waals surface area (Å²) in [4.78, 5) is 17.7. The van der Waals surface area contributed by atoms with Crippen LogP contribution < -0.4 is 9.47 Å². The Hall–Kier alpha value is -2.53. The third kappa shape index (κ3) is 6.99. The van der Waals surface area contributed by atoms with Gasteiger partial charge >= 0.3 is 0 Å². The molecule has 0 aromatic heterocycles. The van der Waals surface area contributed by atoms with Gasteiger partial charge in [-0.2, -0.15) is 0 Å². The fraction of sp³-hybridized carbons (Fsp3) is 0.519. The molecule has 0 atom stereocenters. The molecule has 0 N–H and O–H groups in total. The van der Waals surface area contributed by atoms with Crippen molar-refractivity contribution < 1.29 is 14.3 Å². The molecular formula is C27H38N2O3. The number of methoxy groups -OCH3 is 2. The van der Waals surface area contributed by atoms with Crippen LogP contribution in [-0.4, -0.2) is 56.1 Å². The number of carbonyl (C=O) groups is 1. The average Bonchev–Trinajstić information content (AvgIpc) is 2.80. The Morgan fingerprint density at radius 3 is 2.50 bits per heavy atom. The zero-order valence-electron chi connectivity index (χ0n) is 20.0. The number of carbonyl (C=O) groups excluding carboxylic acids is 1. The molecule has 174 valence electrons. The van der Waals surface area contributed by atoms with Crippen LogP contribution >= 0.6 is 0 Å². The fourth-order valence-corrected chi connectivity index (χ4v) is 4.50. The van der Waals surface area contributed by atoms with Crippen molar-refractivity contribution in [2.45, 2.75) is 39.7 Å². The number of benzene rings is 2. The highest BCUT2D eigenvalue weighted by atomic mass is 16.5. The molecule has 3 rings (SSSR count). The van der Waals surface area contributed by atoms with E-state index in [2.05, 4.69) is 35.8 Å². The van der Waals surface area contributed by atoms with Crippen LogP contribution in [0.1, 0.15) is 37.8 Å². The van der Waals surface area contributed by atoms with Crippen LogP contribution in [-0.2, 0) is 17.8 Å². The summed E-state index contributed by atoms with van der Waals surface area (Å²) in [5.74, 6) is 2.98. The van der Waals surface area contributed by atoms with Crippen LogP contribution in [0.2, 0.25) is 0 Å². The number of amides is 1. The molecule has 0 unspecified atom stereocenters. The third-order valence-corrected chi connectivity index (χ3v) is 6.20. The van der Waals surface area contributed by atoms with E-state index in [1.807, 2.05) is 36.4 Å². The Morgan fingerprint density at radius 2 is 1.81 bits per heavy atom.